The maximum atomic E-state index is 6.64. The van der Waals surface area contributed by atoms with Gasteiger partial charge in [-0.15, -0.1) is 0 Å². The Morgan fingerprint density at radius 2 is 1.09 bits per heavy atom. The van der Waals surface area contributed by atoms with E-state index in [1.165, 1.54) is 55.2 Å². The molecule has 0 fully saturated rings. The van der Waals surface area contributed by atoms with Gasteiger partial charge >= 0.3 is 0 Å². The monoisotopic (exact) mass is 577 g/mol. The van der Waals surface area contributed by atoms with E-state index in [4.69, 9.17) is 4.42 Å². The van der Waals surface area contributed by atoms with Crippen molar-refractivity contribution in [3.63, 3.8) is 0 Å². The Kier molecular flexibility index (Phi) is 5.58. The van der Waals surface area contributed by atoms with Crippen molar-refractivity contribution in [3.05, 3.63) is 163 Å². The standard InChI is InChI=1S/C43H31NO/c1-43(2)35-21-13-22-36(44(30-16-7-4-8-17-30)31-26-24-29(25-27-31)28-14-5-3-6-15-28)40(35)38-32-18-9-10-19-33(32)42-39(41(38)43)34-20-11-12-23-37(34)45-42/h3-27H,1-2H3. The Bertz CT molecular complexity index is 2380. The third-order valence-corrected chi connectivity index (χ3v) is 9.62. The number of benzene rings is 7. The fourth-order valence-electron chi connectivity index (χ4n) is 7.61. The quantitative estimate of drug-likeness (QED) is 0.207. The lowest BCUT2D eigenvalue weighted by Crippen LogP contribution is -2.16. The lowest BCUT2D eigenvalue weighted by Gasteiger charge is -2.29. The Morgan fingerprint density at radius 1 is 0.489 bits per heavy atom. The van der Waals surface area contributed by atoms with Crippen molar-refractivity contribution < 1.29 is 4.42 Å². The van der Waals surface area contributed by atoms with Crippen LogP contribution in [-0.2, 0) is 5.41 Å². The van der Waals surface area contributed by atoms with Crippen molar-refractivity contribution in [2.75, 3.05) is 4.90 Å². The van der Waals surface area contributed by atoms with Gasteiger partial charge in [0.15, 0.2) is 0 Å². The smallest absolute Gasteiger partial charge is 0.143 e. The highest BCUT2D eigenvalue weighted by Gasteiger charge is 2.41. The number of furan rings is 1. The second kappa shape index (κ2) is 9.70. The molecule has 0 unspecified atom stereocenters. The molecule has 214 valence electrons. The summed E-state index contributed by atoms with van der Waals surface area (Å²) in [5, 5.41) is 4.78. The molecule has 0 radical (unpaired) electrons. The molecule has 0 bridgehead atoms. The van der Waals surface area contributed by atoms with E-state index in [2.05, 4.69) is 170 Å². The highest BCUT2D eigenvalue weighted by molar-refractivity contribution is 6.24. The third-order valence-electron chi connectivity index (χ3n) is 9.62. The molecule has 1 aliphatic carbocycles. The number of hydrogen-bond donors (Lipinski definition) is 0. The highest BCUT2D eigenvalue weighted by Crippen LogP contribution is 2.59. The summed E-state index contributed by atoms with van der Waals surface area (Å²) in [5.41, 5.74) is 12.8. The molecule has 8 aromatic rings. The second-order valence-electron chi connectivity index (χ2n) is 12.5. The maximum Gasteiger partial charge on any atom is 0.143 e. The normalized spacial score (nSPS) is 13.3. The van der Waals surface area contributed by atoms with E-state index in [0.29, 0.717) is 0 Å². The van der Waals surface area contributed by atoms with Crippen LogP contribution < -0.4 is 4.90 Å². The van der Waals surface area contributed by atoms with Crippen molar-refractivity contribution in [1.29, 1.82) is 0 Å². The zero-order valence-corrected chi connectivity index (χ0v) is 25.3. The molecule has 0 atom stereocenters. The second-order valence-corrected chi connectivity index (χ2v) is 12.5. The van der Waals surface area contributed by atoms with E-state index < -0.39 is 0 Å². The van der Waals surface area contributed by atoms with E-state index in [1.807, 2.05) is 0 Å². The van der Waals surface area contributed by atoms with Crippen LogP contribution in [0.4, 0.5) is 17.1 Å². The Labute approximate surface area is 262 Å². The van der Waals surface area contributed by atoms with Crippen LogP contribution in [0.2, 0.25) is 0 Å². The van der Waals surface area contributed by atoms with Crippen LogP contribution in [0.3, 0.4) is 0 Å². The van der Waals surface area contributed by atoms with Crippen molar-refractivity contribution >= 4 is 49.8 Å². The van der Waals surface area contributed by atoms with Crippen LogP contribution in [-0.4, -0.2) is 0 Å². The van der Waals surface area contributed by atoms with Gasteiger partial charge in [-0.25, -0.2) is 0 Å². The summed E-state index contributed by atoms with van der Waals surface area (Å²) < 4.78 is 6.64. The Hall–Kier alpha value is -5.60. The van der Waals surface area contributed by atoms with Gasteiger partial charge < -0.3 is 9.32 Å². The molecule has 1 aliphatic rings. The minimum Gasteiger partial charge on any atom is -0.455 e. The van der Waals surface area contributed by atoms with Crippen molar-refractivity contribution in [2.45, 2.75) is 19.3 Å². The van der Waals surface area contributed by atoms with Crippen molar-refractivity contribution in [3.8, 4) is 22.3 Å². The van der Waals surface area contributed by atoms with E-state index in [1.54, 1.807) is 0 Å². The van der Waals surface area contributed by atoms with Crippen LogP contribution in [0.15, 0.2) is 156 Å². The zero-order chi connectivity index (χ0) is 30.1. The predicted octanol–water partition coefficient (Wildman–Crippen LogP) is 12.2. The molecule has 0 saturated carbocycles. The summed E-state index contributed by atoms with van der Waals surface area (Å²) in [4.78, 5) is 2.42. The average Bonchev–Trinajstić information content (AvgIpc) is 3.59. The SMILES string of the molecule is CC1(C)c2cccc(N(c3ccccc3)c3ccc(-c4ccccc4)cc3)c2-c2c1c1c3ccccc3oc1c1ccccc21. The molecule has 0 spiro atoms. The van der Waals surface area contributed by atoms with Gasteiger partial charge in [-0.3, -0.25) is 0 Å². The summed E-state index contributed by atoms with van der Waals surface area (Å²) in [6.07, 6.45) is 0. The van der Waals surface area contributed by atoms with Crippen LogP contribution in [0.25, 0.3) is 55.0 Å². The molecule has 9 rings (SSSR count). The number of nitrogens with zero attached hydrogens (tertiary/aromatic N) is 1. The molecule has 0 saturated heterocycles. The molecular formula is C43H31NO. The van der Waals surface area contributed by atoms with Crippen LogP contribution in [0.5, 0.6) is 0 Å². The zero-order valence-electron chi connectivity index (χ0n) is 25.3. The fraction of sp³-hybridized carbons (Fsp3) is 0.0698. The van der Waals surface area contributed by atoms with Crippen LogP contribution in [0, 0.1) is 0 Å². The summed E-state index contributed by atoms with van der Waals surface area (Å²) in [6, 6.07) is 54.4. The molecule has 0 aliphatic heterocycles. The molecule has 0 amide bonds. The Balaban J connectivity index is 1.36. The summed E-state index contributed by atoms with van der Waals surface area (Å²) in [7, 11) is 0. The number of rotatable bonds is 4. The molecule has 0 N–H and O–H groups in total. The van der Waals surface area contributed by atoms with Crippen LogP contribution in [0.1, 0.15) is 25.0 Å². The van der Waals surface area contributed by atoms with E-state index in [9.17, 15) is 0 Å². The van der Waals surface area contributed by atoms with E-state index in [-0.39, 0.29) is 5.41 Å². The summed E-state index contributed by atoms with van der Waals surface area (Å²) in [6.45, 7) is 4.75. The topological polar surface area (TPSA) is 16.4 Å². The first-order chi connectivity index (χ1) is 22.1. The average molecular weight is 578 g/mol. The van der Waals surface area contributed by atoms with Gasteiger partial charge in [0, 0.05) is 38.5 Å². The lowest BCUT2D eigenvalue weighted by atomic mass is 9.79. The van der Waals surface area contributed by atoms with Gasteiger partial charge in [-0.1, -0.05) is 129 Å². The van der Waals surface area contributed by atoms with Gasteiger partial charge in [0.05, 0.1) is 5.69 Å². The molecule has 2 nitrogen and oxygen atoms in total. The van der Waals surface area contributed by atoms with Gasteiger partial charge in [0.1, 0.15) is 11.2 Å². The Morgan fingerprint density at radius 3 is 1.84 bits per heavy atom. The number of para-hydroxylation sites is 2. The number of fused-ring (bicyclic) bond motifs is 10. The first-order valence-electron chi connectivity index (χ1n) is 15.6. The van der Waals surface area contributed by atoms with Crippen molar-refractivity contribution in [2.24, 2.45) is 0 Å². The minimum absolute atomic E-state index is 0.241. The van der Waals surface area contributed by atoms with Gasteiger partial charge in [0.2, 0.25) is 0 Å². The number of anilines is 3. The minimum atomic E-state index is -0.241. The first kappa shape index (κ1) is 25.9. The van der Waals surface area contributed by atoms with E-state index >= 15 is 0 Å². The van der Waals surface area contributed by atoms with Gasteiger partial charge in [-0.2, -0.15) is 0 Å². The van der Waals surface area contributed by atoms with E-state index in [0.717, 1.165) is 27.9 Å². The fourth-order valence-corrected chi connectivity index (χ4v) is 7.61. The van der Waals surface area contributed by atoms with Crippen molar-refractivity contribution in [1.82, 2.24) is 0 Å². The predicted molar refractivity (Wildman–Crippen MR) is 189 cm³/mol. The highest BCUT2D eigenvalue weighted by atomic mass is 16.3. The number of hydrogen-bond acceptors (Lipinski definition) is 2. The lowest BCUT2D eigenvalue weighted by molar-refractivity contribution is 0.659. The molecule has 7 aromatic carbocycles. The van der Waals surface area contributed by atoms with Gasteiger partial charge in [-0.05, 0) is 69.6 Å². The molecular weight excluding hydrogens is 546 g/mol. The molecule has 1 aromatic heterocycles. The maximum absolute atomic E-state index is 6.64. The third kappa shape index (κ3) is 3.76. The molecule has 2 heteroatoms. The van der Waals surface area contributed by atoms with Gasteiger partial charge in [0.25, 0.3) is 0 Å². The summed E-state index contributed by atoms with van der Waals surface area (Å²) in [5.74, 6) is 0. The summed E-state index contributed by atoms with van der Waals surface area (Å²) >= 11 is 0. The molecule has 45 heavy (non-hydrogen) atoms. The first-order valence-corrected chi connectivity index (χ1v) is 15.6. The molecule has 1 heterocycles. The largest absolute Gasteiger partial charge is 0.455 e. The van der Waals surface area contributed by atoms with Crippen LogP contribution >= 0.6 is 0 Å².